The molecular weight excluding hydrogens is 241 g/mol. The summed E-state index contributed by atoms with van der Waals surface area (Å²) in [4.78, 5) is 4.26. The molecule has 2 aromatic rings. The van der Waals surface area contributed by atoms with E-state index < -0.39 is 0 Å². The lowest BCUT2D eigenvalue weighted by Crippen LogP contribution is -1.98. The predicted molar refractivity (Wildman–Crippen MR) is 63.6 cm³/mol. The molecule has 3 nitrogen and oxygen atoms in total. The second-order valence-corrected chi connectivity index (χ2v) is 4.37. The van der Waals surface area contributed by atoms with Crippen LogP contribution in [0.25, 0.3) is 0 Å². The maximum Gasteiger partial charge on any atom is 0.165 e. The van der Waals surface area contributed by atoms with Gasteiger partial charge in [0.25, 0.3) is 0 Å². The molecule has 1 N–H and O–H groups in total. The first-order valence-electron chi connectivity index (χ1n) is 5.21. The van der Waals surface area contributed by atoms with Crippen molar-refractivity contribution in [1.82, 2.24) is 4.98 Å². The number of ether oxygens (including phenoxy) is 1. The Kier molecular flexibility index (Phi) is 4.06. The molecule has 0 spiro atoms. The second kappa shape index (κ2) is 5.75. The van der Waals surface area contributed by atoms with Crippen molar-refractivity contribution in [1.29, 1.82) is 0 Å². The summed E-state index contributed by atoms with van der Waals surface area (Å²) >= 11 is 1.44. The molecule has 0 amide bonds. The Morgan fingerprint density at radius 1 is 1.35 bits per heavy atom. The highest BCUT2D eigenvalue weighted by atomic mass is 32.1. The number of aromatic nitrogens is 1. The van der Waals surface area contributed by atoms with Crippen molar-refractivity contribution in [2.75, 3.05) is 6.61 Å². The molecule has 0 aliphatic rings. The number of nitrogens with zero attached hydrogens (tertiary/aromatic N) is 1. The maximum atomic E-state index is 13.2. The van der Waals surface area contributed by atoms with Crippen LogP contribution in [0.2, 0.25) is 0 Å². The summed E-state index contributed by atoms with van der Waals surface area (Å²) in [5, 5.41) is 11.4. The molecule has 0 fully saturated rings. The molecule has 1 heterocycles. The lowest BCUT2D eigenvalue weighted by Gasteiger charge is -2.04. The highest BCUT2D eigenvalue weighted by molar-refractivity contribution is 7.09. The Bertz CT molecular complexity index is 487. The van der Waals surface area contributed by atoms with Gasteiger partial charge in [0, 0.05) is 18.4 Å². The van der Waals surface area contributed by atoms with Gasteiger partial charge in [-0.15, -0.1) is 11.3 Å². The number of hydrogen-bond acceptors (Lipinski definition) is 4. The molecule has 0 saturated carbocycles. The Balaban J connectivity index is 1.95. The third-order valence-electron chi connectivity index (χ3n) is 2.16. The van der Waals surface area contributed by atoms with E-state index in [1.807, 2.05) is 5.38 Å². The number of rotatable bonds is 5. The average molecular weight is 253 g/mol. The third kappa shape index (κ3) is 3.25. The van der Waals surface area contributed by atoms with Gasteiger partial charge in [0.05, 0.1) is 5.69 Å². The number of benzene rings is 1. The molecule has 0 aliphatic carbocycles. The maximum absolute atomic E-state index is 13.2. The van der Waals surface area contributed by atoms with Gasteiger partial charge in [-0.2, -0.15) is 0 Å². The van der Waals surface area contributed by atoms with E-state index in [0.29, 0.717) is 6.42 Å². The van der Waals surface area contributed by atoms with Gasteiger partial charge < -0.3 is 9.84 Å². The van der Waals surface area contributed by atoms with E-state index in [4.69, 9.17) is 9.84 Å². The zero-order chi connectivity index (χ0) is 12.1. The fourth-order valence-electron chi connectivity index (χ4n) is 1.35. The van der Waals surface area contributed by atoms with E-state index in [0.717, 1.165) is 10.7 Å². The van der Waals surface area contributed by atoms with Crippen LogP contribution in [0.5, 0.6) is 5.75 Å². The van der Waals surface area contributed by atoms with Gasteiger partial charge >= 0.3 is 0 Å². The van der Waals surface area contributed by atoms with Crippen LogP contribution in [0.3, 0.4) is 0 Å². The van der Waals surface area contributed by atoms with Gasteiger partial charge in [-0.3, -0.25) is 0 Å². The number of para-hydroxylation sites is 1. The van der Waals surface area contributed by atoms with E-state index >= 15 is 0 Å². The van der Waals surface area contributed by atoms with Gasteiger partial charge in [-0.05, 0) is 12.1 Å². The van der Waals surface area contributed by atoms with Crippen molar-refractivity contribution in [2.24, 2.45) is 0 Å². The minimum absolute atomic E-state index is 0.0807. The normalized spacial score (nSPS) is 10.5. The zero-order valence-electron chi connectivity index (χ0n) is 9.10. The first kappa shape index (κ1) is 12.0. The quantitative estimate of drug-likeness (QED) is 0.889. The SMILES string of the molecule is OCCc1csc(COc2ccccc2F)n1. The highest BCUT2D eigenvalue weighted by Crippen LogP contribution is 2.18. The summed E-state index contributed by atoms with van der Waals surface area (Å²) in [6.07, 6.45) is 0.538. The Morgan fingerprint density at radius 2 is 2.18 bits per heavy atom. The summed E-state index contributed by atoms with van der Waals surface area (Å²) < 4.78 is 18.6. The Hall–Kier alpha value is -1.46. The van der Waals surface area contributed by atoms with Gasteiger partial charge in [-0.1, -0.05) is 12.1 Å². The van der Waals surface area contributed by atoms with Gasteiger partial charge in [0.1, 0.15) is 11.6 Å². The van der Waals surface area contributed by atoms with Crippen molar-refractivity contribution in [3.05, 3.63) is 46.2 Å². The minimum atomic E-state index is -0.375. The standard InChI is InChI=1S/C12H12FNO2S/c13-10-3-1-2-4-11(10)16-7-12-14-9(5-6-15)8-17-12/h1-4,8,15H,5-7H2. The smallest absolute Gasteiger partial charge is 0.165 e. The van der Waals surface area contributed by atoms with Gasteiger partial charge in [0.15, 0.2) is 11.6 Å². The molecule has 0 bridgehead atoms. The monoisotopic (exact) mass is 253 g/mol. The van der Waals surface area contributed by atoms with Crippen LogP contribution in [0.15, 0.2) is 29.6 Å². The molecule has 0 saturated heterocycles. The van der Waals surface area contributed by atoms with Crippen LogP contribution >= 0.6 is 11.3 Å². The van der Waals surface area contributed by atoms with Gasteiger partial charge in [0.2, 0.25) is 0 Å². The molecule has 0 unspecified atom stereocenters. The summed E-state index contributed by atoms with van der Waals surface area (Å²) in [5.74, 6) is -0.147. The van der Waals surface area contributed by atoms with Gasteiger partial charge in [-0.25, -0.2) is 9.37 Å². The largest absolute Gasteiger partial charge is 0.483 e. The second-order valence-electron chi connectivity index (χ2n) is 3.43. The average Bonchev–Trinajstić information content (AvgIpc) is 2.76. The summed E-state index contributed by atoms with van der Waals surface area (Å²) in [5.41, 5.74) is 0.838. The molecule has 1 aromatic heterocycles. The summed E-state index contributed by atoms with van der Waals surface area (Å²) in [6, 6.07) is 6.27. The van der Waals surface area contributed by atoms with Crippen molar-refractivity contribution < 1.29 is 14.2 Å². The van der Waals surface area contributed by atoms with E-state index in [1.54, 1.807) is 18.2 Å². The van der Waals surface area contributed by atoms with Crippen LogP contribution in [-0.2, 0) is 13.0 Å². The minimum Gasteiger partial charge on any atom is -0.483 e. The molecule has 1 aromatic carbocycles. The number of hydrogen-bond donors (Lipinski definition) is 1. The molecular formula is C12H12FNO2S. The van der Waals surface area contributed by atoms with Crippen LogP contribution in [0.1, 0.15) is 10.7 Å². The Morgan fingerprint density at radius 3 is 2.94 bits per heavy atom. The number of aliphatic hydroxyl groups excluding tert-OH is 1. The Labute approximate surface area is 103 Å². The molecule has 0 radical (unpaired) electrons. The number of halogens is 1. The van der Waals surface area contributed by atoms with Crippen LogP contribution < -0.4 is 4.74 Å². The molecule has 90 valence electrons. The van der Waals surface area contributed by atoms with Crippen LogP contribution in [0.4, 0.5) is 4.39 Å². The van der Waals surface area contributed by atoms with E-state index in [2.05, 4.69) is 4.98 Å². The van der Waals surface area contributed by atoms with Crippen LogP contribution in [0, 0.1) is 5.82 Å². The van der Waals surface area contributed by atoms with E-state index in [9.17, 15) is 4.39 Å². The van der Waals surface area contributed by atoms with Crippen LogP contribution in [-0.4, -0.2) is 16.7 Å². The van der Waals surface area contributed by atoms with Crippen molar-refractivity contribution in [3.8, 4) is 5.75 Å². The molecule has 0 aliphatic heterocycles. The predicted octanol–water partition coefficient (Wildman–Crippen LogP) is 2.40. The molecule has 5 heteroatoms. The van der Waals surface area contributed by atoms with E-state index in [1.165, 1.54) is 17.4 Å². The fraction of sp³-hybridized carbons (Fsp3) is 0.250. The van der Waals surface area contributed by atoms with Crippen molar-refractivity contribution in [2.45, 2.75) is 13.0 Å². The van der Waals surface area contributed by atoms with Crippen molar-refractivity contribution >= 4 is 11.3 Å². The summed E-state index contributed by atoms with van der Waals surface area (Å²) in [7, 11) is 0. The first-order valence-corrected chi connectivity index (χ1v) is 6.09. The molecule has 2 rings (SSSR count). The number of aliphatic hydroxyl groups is 1. The van der Waals surface area contributed by atoms with E-state index in [-0.39, 0.29) is 24.8 Å². The zero-order valence-corrected chi connectivity index (χ0v) is 9.91. The lowest BCUT2D eigenvalue weighted by molar-refractivity contribution is 0.287. The van der Waals surface area contributed by atoms with Crippen molar-refractivity contribution in [3.63, 3.8) is 0 Å². The topological polar surface area (TPSA) is 42.4 Å². The third-order valence-corrected chi connectivity index (χ3v) is 3.03. The molecule has 17 heavy (non-hydrogen) atoms. The summed E-state index contributed by atoms with van der Waals surface area (Å²) in [6.45, 7) is 0.328. The first-order chi connectivity index (χ1) is 8.29. The fourth-order valence-corrected chi connectivity index (χ4v) is 2.09. The highest BCUT2D eigenvalue weighted by Gasteiger charge is 2.05. The molecule has 0 atom stereocenters. The number of thiazole rings is 1. The lowest BCUT2D eigenvalue weighted by atomic mass is 10.3.